The molecule has 0 radical (unpaired) electrons. The molecule has 0 aromatic heterocycles. The molecule has 6 heteroatoms. The molecule has 1 aliphatic rings. The van der Waals surface area contributed by atoms with Gasteiger partial charge in [0.05, 0.1) is 18.6 Å². The maximum absolute atomic E-state index is 13.5. The molecule has 0 saturated carbocycles. The minimum atomic E-state index is -1.10. The molecule has 0 bridgehead atoms. The van der Waals surface area contributed by atoms with E-state index in [9.17, 15) is 23.9 Å². The average molecular weight is 398 g/mol. The molecular weight excluding hydrogens is 375 g/mol. The fourth-order valence-corrected chi connectivity index (χ4v) is 4.02. The number of carboxylic acids is 1. The lowest BCUT2D eigenvalue weighted by molar-refractivity contribution is -0.138. The van der Waals surface area contributed by atoms with Gasteiger partial charge in [-0.1, -0.05) is 32.0 Å². The largest absolute Gasteiger partial charge is 0.481 e. The van der Waals surface area contributed by atoms with E-state index in [1.54, 1.807) is 6.07 Å². The molecule has 5 nitrogen and oxygen atoms in total. The fourth-order valence-electron chi connectivity index (χ4n) is 4.02. The number of hydrogen-bond acceptors (Lipinski definition) is 4. The van der Waals surface area contributed by atoms with Crippen molar-refractivity contribution in [3.8, 4) is 11.1 Å². The number of esters is 1. The minimum absolute atomic E-state index is 0.0424. The van der Waals surface area contributed by atoms with Crippen LogP contribution in [0.3, 0.4) is 0 Å². The van der Waals surface area contributed by atoms with Crippen LogP contribution in [0.4, 0.5) is 4.39 Å². The van der Waals surface area contributed by atoms with Gasteiger partial charge in [0.1, 0.15) is 5.82 Å². The number of carboxylic acid groups (broad SMARTS) is 1. The van der Waals surface area contributed by atoms with E-state index in [0.717, 1.165) is 0 Å². The van der Waals surface area contributed by atoms with Gasteiger partial charge in [-0.25, -0.2) is 9.18 Å². The van der Waals surface area contributed by atoms with Crippen LogP contribution in [0.5, 0.6) is 0 Å². The SMILES string of the molecule is COC(=O)c1c(C(C)C(=O)O)cc2c(c1-c1ccc(F)cc1)C(=O)CC(C)(C)C2. The number of carbonyl (C=O) groups is 3. The quantitative estimate of drug-likeness (QED) is 0.760. The molecular formula is C23H23FO5. The van der Waals surface area contributed by atoms with Crippen molar-refractivity contribution in [3.63, 3.8) is 0 Å². The lowest BCUT2D eigenvalue weighted by Crippen LogP contribution is -2.29. The molecule has 1 N–H and O–H groups in total. The fraction of sp³-hybridized carbons (Fsp3) is 0.348. The van der Waals surface area contributed by atoms with Crippen molar-refractivity contribution >= 4 is 17.7 Å². The first kappa shape index (κ1) is 20.7. The summed E-state index contributed by atoms with van der Waals surface area (Å²) in [6.07, 6.45) is 0.853. The van der Waals surface area contributed by atoms with E-state index < -0.39 is 23.7 Å². The lowest BCUT2D eigenvalue weighted by atomic mass is 9.70. The summed E-state index contributed by atoms with van der Waals surface area (Å²) in [6.45, 7) is 5.43. The van der Waals surface area contributed by atoms with Crippen LogP contribution in [-0.4, -0.2) is 29.9 Å². The summed E-state index contributed by atoms with van der Waals surface area (Å²) in [5, 5.41) is 9.60. The number of benzene rings is 2. The van der Waals surface area contributed by atoms with Crippen LogP contribution < -0.4 is 0 Å². The number of halogens is 1. The van der Waals surface area contributed by atoms with Crippen molar-refractivity contribution in [2.75, 3.05) is 7.11 Å². The highest BCUT2D eigenvalue weighted by molar-refractivity contribution is 6.11. The predicted molar refractivity (Wildman–Crippen MR) is 106 cm³/mol. The van der Waals surface area contributed by atoms with Gasteiger partial charge in [0, 0.05) is 17.5 Å². The summed E-state index contributed by atoms with van der Waals surface area (Å²) in [4.78, 5) is 37.6. The topological polar surface area (TPSA) is 80.7 Å². The van der Waals surface area contributed by atoms with Crippen LogP contribution in [-0.2, 0) is 16.0 Å². The smallest absolute Gasteiger partial charge is 0.338 e. The molecule has 29 heavy (non-hydrogen) atoms. The Kier molecular flexibility index (Phi) is 5.30. The number of hydrogen-bond donors (Lipinski definition) is 1. The normalized spacial score (nSPS) is 16.1. The predicted octanol–water partition coefficient (Wildman–Crippen LogP) is 4.62. The maximum Gasteiger partial charge on any atom is 0.338 e. The van der Waals surface area contributed by atoms with Crippen molar-refractivity contribution < 1.29 is 28.6 Å². The second-order valence-corrected chi connectivity index (χ2v) is 8.25. The average Bonchev–Trinajstić information content (AvgIpc) is 2.64. The summed E-state index contributed by atoms with van der Waals surface area (Å²) in [5.41, 5.74) is 1.90. The van der Waals surface area contributed by atoms with E-state index in [1.165, 1.54) is 38.3 Å². The van der Waals surface area contributed by atoms with E-state index in [-0.39, 0.29) is 22.3 Å². The lowest BCUT2D eigenvalue weighted by Gasteiger charge is -2.33. The molecule has 0 heterocycles. The van der Waals surface area contributed by atoms with Crippen LogP contribution in [0.1, 0.15) is 65.0 Å². The molecule has 0 spiro atoms. The molecule has 3 rings (SSSR count). The van der Waals surface area contributed by atoms with Crippen molar-refractivity contribution in [2.45, 2.75) is 39.5 Å². The number of carbonyl (C=O) groups excluding carboxylic acids is 2. The molecule has 0 saturated heterocycles. The maximum atomic E-state index is 13.5. The van der Waals surface area contributed by atoms with Crippen molar-refractivity contribution in [2.24, 2.45) is 5.41 Å². The highest BCUT2D eigenvalue weighted by Gasteiger charge is 2.37. The third-order valence-electron chi connectivity index (χ3n) is 5.39. The van der Waals surface area contributed by atoms with Crippen molar-refractivity contribution in [1.29, 1.82) is 0 Å². The molecule has 1 atom stereocenters. The van der Waals surface area contributed by atoms with Crippen LogP contribution in [0.15, 0.2) is 30.3 Å². The molecule has 0 aliphatic heterocycles. The van der Waals surface area contributed by atoms with E-state index in [0.29, 0.717) is 35.1 Å². The van der Waals surface area contributed by atoms with E-state index >= 15 is 0 Å². The molecule has 152 valence electrons. The van der Waals surface area contributed by atoms with E-state index in [2.05, 4.69) is 0 Å². The van der Waals surface area contributed by atoms with Gasteiger partial charge in [-0.3, -0.25) is 9.59 Å². The van der Waals surface area contributed by atoms with Crippen molar-refractivity contribution in [1.82, 2.24) is 0 Å². The molecule has 2 aromatic carbocycles. The third kappa shape index (κ3) is 3.79. The van der Waals surface area contributed by atoms with Gasteiger partial charge in [-0.15, -0.1) is 0 Å². The highest BCUT2D eigenvalue weighted by Crippen LogP contribution is 2.43. The van der Waals surface area contributed by atoms with Gasteiger partial charge in [-0.2, -0.15) is 0 Å². The zero-order valence-corrected chi connectivity index (χ0v) is 16.8. The number of methoxy groups -OCH3 is 1. The Morgan fingerprint density at radius 1 is 1.14 bits per heavy atom. The molecule has 1 aliphatic carbocycles. The first-order valence-electron chi connectivity index (χ1n) is 9.35. The summed E-state index contributed by atoms with van der Waals surface area (Å²) in [7, 11) is 1.20. The molecule has 0 fully saturated rings. The monoisotopic (exact) mass is 398 g/mol. The minimum Gasteiger partial charge on any atom is -0.481 e. The first-order valence-corrected chi connectivity index (χ1v) is 9.35. The van der Waals surface area contributed by atoms with Crippen molar-refractivity contribution in [3.05, 3.63) is 58.4 Å². The van der Waals surface area contributed by atoms with Crippen LogP contribution in [0.2, 0.25) is 0 Å². The van der Waals surface area contributed by atoms with Gasteiger partial charge in [-0.05, 0) is 47.6 Å². The van der Waals surface area contributed by atoms with Gasteiger partial charge < -0.3 is 9.84 Å². The number of ether oxygens (including phenoxy) is 1. The van der Waals surface area contributed by atoms with Gasteiger partial charge in [0.25, 0.3) is 0 Å². The summed E-state index contributed by atoms with van der Waals surface area (Å²) in [6, 6.07) is 7.10. The second kappa shape index (κ2) is 7.43. The zero-order chi connectivity index (χ0) is 21.5. The number of aliphatic carboxylic acids is 1. The Bertz CT molecular complexity index is 1000. The summed E-state index contributed by atoms with van der Waals surface area (Å²) >= 11 is 0. The Labute approximate surface area is 168 Å². The third-order valence-corrected chi connectivity index (χ3v) is 5.39. The second-order valence-electron chi connectivity index (χ2n) is 8.25. The Hall–Kier alpha value is -3.02. The number of ketones is 1. The van der Waals surface area contributed by atoms with E-state index in [1.807, 2.05) is 13.8 Å². The van der Waals surface area contributed by atoms with Gasteiger partial charge >= 0.3 is 11.9 Å². The Balaban J connectivity index is 2.46. The molecule has 0 amide bonds. The highest BCUT2D eigenvalue weighted by atomic mass is 19.1. The van der Waals surface area contributed by atoms with E-state index in [4.69, 9.17) is 4.74 Å². The zero-order valence-electron chi connectivity index (χ0n) is 16.8. The van der Waals surface area contributed by atoms with Gasteiger partial charge in [0.2, 0.25) is 0 Å². The van der Waals surface area contributed by atoms with Crippen LogP contribution >= 0.6 is 0 Å². The van der Waals surface area contributed by atoms with Crippen LogP contribution in [0.25, 0.3) is 11.1 Å². The molecule has 1 unspecified atom stereocenters. The first-order chi connectivity index (χ1) is 13.6. The molecule has 2 aromatic rings. The number of Topliss-reactive ketones (excluding diaryl/α,β-unsaturated/α-hetero) is 1. The Morgan fingerprint density at radius 3 is 2.31 bits per heavy atom. The van der Waals surface area contributed by atoms with Gasteiger partial charge in [0.15, 0.2) is 5.78 Å². The number of rotatable bonds is 4. The van der Waals surface area contributed by atoms with Crippen LogP contribution in [0, 0.1) is 11.2 Å². The number of fused-ring (bicyclic) bond motifs is 1. The summed E-state index contributed by atoms with van der Waals surface area (Å²) < 4.78 is 18.5. The summed E-state index contributed by atoms with van der Waals surface area (Å²) in [5.74, 6) is -3.40. The standard InChI is InChI=1S/C23H23FO5/c1-12(21(26)27)16-9-14-10-23(2,3)11-17(25)18(14)19(20(16)22(28)29-4)13-5-7-15(24)8-6-13/h5-9,12H,10-11H2,1-4H3,(H,26,27). The Morgan fingerprint density at radius 2 is 1.76 bits per heavy atom.